The lowest BCUT2D eigenvalue weighted by Crippen LogP contribution is -2.43. The molecule has 0 bridgehead atoms. The highest BCUT2D eigenvalue weighted by Gasteiger charge is 2.16. The van der Waals surface area contributed by atoms with Crippen molar-refractivity contribution in [3.63, 3.8) is 0 Å². The van der Waals surface area contributed by atoms with Crippen LogP contribution in [0.3, 0.4) is 0 Å². The highest BCUT2D eigenvalue weighted by atomic mass is 127. The minimum Gasteiger partial charge on any atom is -0.469 e. The zero-order valence-corrected chi connectivity index (χ0v) is 18.7. The van der Waals surface area contributed by atoms with E-state index in [1.807, 2.05) is 19.1 Å². The third-order valence-electron chi connectivity index (χ3n) is 4.84. The van der Waals surface area contributed by atoms with Crippen LogP contribution in [0.4, 0.5) is 0 Å². The van der Waals surface area contributed by atoms with Crippen molar-refractivity contribution in [3.05, 3.63) is 41.6 Å². The van der Waals surface area contributed by atoms with E-state index in [1.54, 1.807) is 6.26 Å². The average molecular weight is 485 g/mol. The number of rotatable bonds is 8. The fourth-order valence-electron chi connectivity index (χ4n) is 3.49. The second-order valence-corrected chi connectivity index (χ2v) is 7.12. The van der Waals surface area contributed by atoms with Crippen LogP contribution < -0.4 is 10.6 Å². The summed E-state index contributed by atoms with van der Waals surface area (Å²) in [5.74, 6) is 1.93. The van der Waals surface area contributed by atoms with Crippen molar-refractivity contribution < 1.29 is 4.42 Å². The first-order valence-corrected chi connectivity index (χ1v) is 9.79. The molecule has 0 aromatic carbocycles. The Kier molecular flexibility index (Phi) is 9.17. The summed E-state index contributed by atoms with van der Waals surface area (Å²) in [4.78, 5) is 4.78. The summed E-state index contributed by atoms with van der Waals surface area (Å²) in [6.07, 6.45) is 8.68. The summed E-state index contributed by atoms with van der Waals surface area (Å²) in [7, 11) is 0. The number of aromatic nitrogens is 2. The molecule has 6 nitrogen and oxygen atoms in total. The highest BCUT2D eigenvalue weighted by molar-refractivity contribution is 14.0. The van der Waals surface area contributed by atoms with E-state index in [0.717, 1.165) is 49.9 Å². The minimum atomic E-state index is 0. The van der Waals surface area contributed by atoms with Crippen LogP contribution in [0.1, 0.15) is 49.3 Å². The van der Waals surface area contributed by atoms with E-state index in [1.165, 1.54) is 31.4 Å². The molecule has 0 atom stereocenters. The molecular formula is C20H32IN5O. The number of aliphatic imine (C=N–C) groups is 1. The van der Waals surface area contributed by atoms with Gasteiger partial charge in [-0.3, -0.25) is 9.67 Å². The molecule has 0 aliphatic heterocycles. The first-order valence-electron chi connectivity index (χ1n) is 9.79. The molecule has 1 fully saturated rings. The summed E-state index contributed by atoms with van der Waals surface area (Å²) in [5, 5.41) is 11.6. The van der Waals surface area contributed by atoms with Crippen molar-refractivity contribution in [2.24, 2.45) is 4.99 Å². The topological polar surface area (TPSA) is 67.4 Å². The van der Waals surface area contributed by atoms with Crippen molar-refractivity contribution in [2.45, 2.75) is 65.0 Å². The second-order valence-electron chi connectivity index (χ2n) is 7.12. The van der Waals surface area contributed by atoms with Gasteiger partial charge in [0.25, 0.3) is 0 Å². The van der Waals surface area contributed by atoms with Gasteiger partial charge in [0.1, 0.15) is 5.76 Å². The normalized spacial score (nSPS) is 15.0. The van der Waals surface area contributed by atoms with Crippen molar-refractivity contribution in [1.82, 2.24) is 20.4 Å². The summed E-state index contributed by atoms with van der Waals surface area (Å²) in [6.45, 7) is 6.66. The molecule has 1 aliphatic rings. The number of halogens is 1. The first kappa shape index (κ1) is 21.8. The Morgan fingerprint density at radius 1 is 1.33 bits per heavy atom. The lowest BCUT2D eigenvalue weighted by molar-refractivity contribution is 0.505. The molecule has 150 valence electrons. The SMILES string of the molecule is Cc1cc(C)n(CCCN=C(NCCc2ccco2)NC2CCCC2)n1.I. The van der Waals surface area contributed by atoms with E-state index in [9.17, 15) is 0 Å². The van der Waals surface area contributed by atoms with Crippen LogP contribution in [-0.4, -0.2) is 34.9 Å². The Morgan fingerprint density at radius 3 is 2.81 bits per heavy atom. The van der Waals surface area contributed by atoms with Crippen LogP contribution in [0.15, 0.2) is 33.9 Å². The van der Waals surface area contributed by atoms with Crippen molar-refractivity contribution >= 4 is 29.9 Å². The monoisotopic (exact) mass is 485 g/mol. The molecule has 0 saturated heterocycles. The van der Waals surface area contributed by atoms with Gasteiger partial charge in [0.2, 0.25) is 0 Å². The van der Waals surface area contributed by atoms with Gasteiger partial charge in [0.05, 0.1) is 12.0 Å². The Bertz CT molecular complexity index is 689. The molecule has 27 heavy (non-hydrogen) atoms. The van der Waals surface area contributed by atoms with Gasteiger partial charge in [0.15, 0.2) is 5.96 Å². The largest absolute Gasteiger partial charge is 0.469 e. The number of guanidine groups is 1. The number of hydrogen-bond donors (Lipinski definition) is 2. The van der Waals surface area contributed by atoms with Crippen LogP contribution >= 0.6 is 24.0 Å². The third-order valence-corrected chi connectivity index (χ3v) is 4.84. The number of aryl methyl sites for hydroxylation is 3. The van der Waals surface area contributed by atoms with Gasteiger partial charge in [-0.05, 0) is 51.3 Å². The number of furan rings is 1. The van der Waals surface area contributed by atoms with E-state index in [-0.39, 0.29) is 24.0 Å². The maximum absolute atomic E-state index is 5.40. The number of nitrogens with zero attached hydrogens (tertiary/aromatic N) is 3. The molecule has 1 saturated carbocycles. The van der Waals surface area contributed by atoms with Crippen LogP contribution in [0.2, 0.25) is 0 Å². The van der Waals surface area contributed by atoms with E-state index in [2.05, 4.69) is 33.4 Å². The van der Waals surface area contributed by atoms with Gasteiger partial charge in [-0.2, -0.15) is 5.10 Å². The predicted octanol–water partition coefficient (Wildman–Crippen LogP) is 3.82. The minimum absolute atomic E-state index is 0. The molecule has 0 radical (unpaired) electrons. The summed E-state index contributed by atoms with van der Waals surface area (Å²) in [6, 6.07) is 6.62. The molecule has 0 unspecified atom stereocenters. The summed E-state index contributed by atoms with van der Waals surface area (Å²) in [5.41, 5.74) is 2.29. The number of hydrogen-bond acceptors (Lipinski definition) is 3. The first-order chi connectivity index (χ1) is 12.7. The lowest BCUT2D eigenvalue weighted by Gasteiger charge is -2.17. The molecule has 2 aromatic rings. The maximum atomic E-state index is 5.40. The predicted molar refractivity (Wildman–Crippen MR) is 120 cm³/mol. The molecule has 2 heterocycles. The Labute approximate surface area is 179 Å². The lowest BCUT2D eigenvalue weighted by atomic mass is 10.2. The van der Waals surface area contributed by atoms with E-state index < -0.39 is 0 Å². The molecule has 0 spiro atoms. The summed E-state index contributed by atoms with van der Waals surface area (Å²) < 4.78 is 7.47. The maximum Gasteiger partial charge on any atom is 0.191 e. The molecule has 1 aliphatic carbocycles. The van der Waals surface area contributed by atoms with Crippen LogP contribution in [-0.2, 0) is 13.0 Å². The Morgan fingerprint density at radius 2 is 2.15 bits per heavy atom. The smallest absolute Gasteiger partial charge is 0.191 e. The number of nitrogens with one attached hydrogen (secondary N) is 2. The quantitative estimate of drug-likeness (QED) is 0.258. The van der Waals surface area contributed by atoms with Crippen molar-refractivity contribution in [3.8, 4) is 0 Å². The van der Waals surface area contributed by atoms with Gasteiger partial charge in [-0.15, -0.1) is 24.0 Å². The molecule has 2 N–H and O–H groups in total. The Hall–Kier alpha value is -1.51. The zero-order chi connectivity index (χ0) is 18.2. The van der Waals surface area contributed by atoms with Gasteiger partial charge in [0, 0.05) is 37.8 Å². The van der Waals surface area contributed by atoms with Crippen molar-refractivity contribution in [2.75, 3.05) is 13.1 Å². The van der Waals surface area contributed by atoms with E-state index in [4.69, 9.17) is 9.41 Å². The van der Waals surface area contributed by atoms with Crippen LogP contribution in [0.5, 0.6) is 0 Å². The molecule has 2 aromatic heterocycles. The zero-order valence-electron chi connectivity index (χ0n) is 16.4. The van der Waals surface area contributed by atoms with Gasteiger partial charge >= 0.3 is 0 Å². The highest BCUT2D eigenvalue weighted by Crippen LogP contribution is 2.17. The Balaban J connectivity index is 0.00000261. The van der Waals surface area contributed by atoms with E-state index in [0.29, 0.717) is 6.04 Å². The second kappa shape index (κ2) is 11.4. The standard InChI is InChI=1S/C20H31N5O.HI/c1-16-15-17(2)25(24-16)13-6-11-21-20(23-18-7-3-4-8-18)22-12-10-19-9-5-14-26-19;/h5,9,14-15,18H,3-4,6-8,10-13H2,1-2H3,(H2,21,22,23);1H. The fraction of sp³-hybridized carbons (Fsp3) is 0.600. The molecule has 3 rings (SSSR count). The van der Waals surface area contributed by atoms with Crippen LogP contribution in [0.25, 0.3) is 0 Å². The van der Waals surface area contributed by atoms with Gasteiger partial charge < -0.3 is 15.1 Å². The fourth-order valence-corrected chi connectivity index (χ4v) is 3.49. The molecule has 0 amide bonds. The average Bonchev–Trinajstić information content (AvgIpc) is 3.35. The molecule has 7 heteroatoms. The molecular weight excluding hydrogens is 453 g/mol. The van der Waals surface area contributed by atoms with Gasteiger partial charge in [-0.25, -0.2) is 0 Å². The van der Waals surface area contributed by atoms with Gasteiger partial charge in [-0.1, -0.05) is 12.8 Å². The van der Waals surface area contributed by atoms with Crippen LogP contribution in [0, 0.1) is 13.8 Å². The summed E-state index contributed by atoms with van der Waals surface area (Å²) >= 11 is 0. The van der Waals surface area contributed by atoms with Crippen molar-refractivity contribution in [1.29, 1.82) is 0 Å². The van der Waals surface area contributed by atoms with E-state index >= 15 is 0 Å². The third kappa shape index (κ3) is 7.20.